The molecule has 1 aromatic rings. The van der Waals surface area contributed by atoms with E-state index in [1.54, 1.807) is 11.8 Å². The lowest BCUT2D eigenvalue weighted by Crippen LogP contribution is -2.07. The topological polar surface area (TPSA) is 63.8 Å². The third-order valence-corrected chi connectivity index (χ3v) is 3.54. The summed E-state index contributed by atoms with van der Waals surface area (Å²) < 4.78 is 1.88. The molecule has 1 unspecified atom stereocenters. The van der Waals surface area contributed by atoms with Crippen LogP contribution in [0.2, 0.25) is 0 Å². The van der Waals surface area contributed by atoms with Crippen LogP contribution < -0.4 is 0 Å². The molecular weight excluding hydrogens is 224 g/mol. The summed E-state index contributed by atoms with van der Waals surface area (Å²) in [7, 11) is 0. The Morgan fingerprint density at radius 3 is 3.00 bits per heavy atom. The van der Waals surface area contributed by atoms with E-state index in [0.717, 1.165) is 36.7 Å². The van der Waals surface area contributed by atoms with Gasteiger partial charge in [0.05, 0.1) is 5.75 Å². The predicted octanol–water partition coefficient (Wildman–Crippen LogP) is 1.33. The van der Waals surface area contributed by atoms with Crippen LogP contribution in [0.3, 0.4) is 0 Å². The van der Waals surface area contributed by atoms with Gasteiger partial charge in [0.2, 0.25) is 0 Å². The minimum absolute atomic E-state index is 0.244. The summed E-state index contributed by atoms with van der Waals surface area (Å²) in [6.07, 6.45) is 2.25. The number of aryl methyl sites for hydroxylation is 1. The number of aliphatic hydroxyl groups excluding tert-OH is 1. The molecule has 1 heterocycles. The van der Waals surface area contributed by atoms with E-state index >= 15 is 0 Å². The lowest BCUT2D eigenvalue weighted by Gasteiger charge is -2.07. The molecule has 0 radical (unpaired) electrons. The van der Waals surface area contributed by atoms with E-state index in [9.17, 15) is 0 Å². The van der Waals surface area contributed by atoms with Crippen molar-refractivity contribution >= 4 is 11.8 Å². The van der Waals surface area contributed by atoms with Crippen molar-refractivity contribution in [2.45, 2.75) is 39.0 Å². The van der Waals surface area contributed by atoms with Gasteiger partial charge in [0.15, 0.2) is 5.82 Å². The molecule has 0 aliphatic rings. The van der Waals surface area contributed by atoms with Crippen LogP contribution in [0.4, 0.5) is 0 Å². The Morgan fingerprint density at radius 2 is 2.31 bits per heavy atom. The first-order valence-electron chi connectivity index (χ1n) is 5.71. The molecule has 0 aliphatic carbocycles. The Bertz CT molecular complexity index is 292. The van der Waals surface area contributed by atoms with E-state index in [1.165, 1.54) is 0 Å². The van der Waals surface area contributed by atoms with Gasteiger partial charge in [-0.1, -0.05) is 20.3 Å². The van der Waals surface area contributed by atoms with Crippen molar-refractivity contribution in [1.29, 1.82) is 0 Å². The summed E-state index contributed by atoms with van der Waals surface area (Å²) in [6, 6.07) is 0. The minimum atomic E-state index is 0.244. The first-order valence-corrected chi connectivity index (χ1v) is 6.87. The molecule has 92 valence electrons. The molecule has 0 aromatic carbocycles. The van der Waals surface area contributed by atoms with E-state index in [-0.39, 0.29) is 6.61 Å². The minimum Gasteiger partial charge on any atom is -0.396 e. The van der Waals surface area contributed by atoms with Gasteiger partial charge in [-0.25, -0.2) is 4.68 Å². The Kier molecular flexibility index (Phi) is 6.40. The molecular formula is C10H20N4OS. The standard InChI is InChI=1S/C10H20N4OS/c1-3-4-5-14-10(11-12-13-14)8-16-7-9(2)6-15/h9,15H,3-8H2,1-2H3. The van der Waals surface area contributed by atoms with E-state index in [2.05, 4.69) is 22.4 Å². The maximum atomic E-state index is 8.90. The summed E-state index contributed by atoms with van der Waals surface area (Å²) in [5, 5.41) is 20.6. The normalized spacial score (nSPS) is 12.9. The van der Waals surface area contributed by atoms with E-state index < -0.39 is 0 Å². The first kappa shape index (κ1) is 13.4. The fourth-order valence-electron chi connectivity index (χ4n) is 1.21. The van der Waals surface area contributed by atoms with Crippen LogP contribution in [0.1, 0.15) is 32.5 Å². The van der Waals surface area contributed by atoms with Gasteiger partial charge in [0.25, 0.3) is 0 Å². The molecule has 0 amide bonds. The Morgan fingerprint density at radius 1 is 1.50 bits per heavy atom. The van der Waals surface area contributed by atoms with E-state index in [0.29, 0.717) is 5.92 Å². The number of aliphatic hydroxyl groups is 1. The van der Waals surface area contributed by atoms with Crippen molar-refractivity contribution in [2.75, 3.05) is 12.4 Å². The van der Waals surface area contributed by atoms with Crippen LogP contribution in [0.5, 0.6) is 0 Å². The molecule has 1 N–H and O–H groups in total. The summed E-state index contributed by atoms with van der Waals surface area (Å²) in [4.78, 5) is 0. The highest BCUT2D eigenvalue weighted by Crippen LogP contribution is 2.13. The quantitative estimate of drug-likeness (QED) is 0.747. The van der Waals surface area contributed by atoms with Crippen LogP contribution >= 0.6 is 11.8 Å². The van der Waals surface area contributed by atoms with Gasteiger partial charge in [-0.05, 0) is 28.5 Å². The van der Waals surface area contributed by atoms with Gasteiger partial charge in [0, 0.05) is 13.2 Å². The highest BCUT2D eigenvalue weighted by molar-refractivity contribution is 7.98. The lowest BCUT2D eigenvalue weighted by molar-refractivity contribution is 0.250. The number of hydrogen-bond donors (Lipinski definition) is 1. The second-order valence-corrected chi connectivity index (χ2v) is 5.00. The molecule has 16 heavy (non-hydrogen) atoms. The molecule has 0 saturated heterocycles. The van der Waals surface area contributed by atoms with Gasteiger partial charge in [-0.15, -0.1) is 5.10 Å². The van der Waals surface area contributed by atoms with Crippen LogP contribution in [0, 0.1) is 5.92 Å². The summed E-state index contributed by atoms with van der Waals surface area (Å²) in [5.41, 5.74) is 0. The zero-order chi connectivity index (χ0) is 11.8. The van der Waals surface area contributed by atoms with Gasteiger partial charge in [-0.3, -0.25) is 0 Å². The van der Waals surface area contributed by atoms with Crippen molar-refractivity contribution in [3.05, 3.63) is 5.82 Å². The van der Waals surface area contributed by atoms with Gasteiger partial charge < -0.3 is 5.11 Å². The van der Waals surface area contributed by atoms with Crippen LogP contribution in [0.25, 0.3) is 0 Å². The first-order chi connectivity index (χ1) is 7.77. The number of thioether (sulfide) groups is 1. The third kappa shape index (κ3) is 4.49. The Labute approximate surface area is 101 Å². The second-order valence-electron chi connectivity index (χ2n) is 3.97. The second kappa shape index (κ2) is 7.62. The zero-order valence-corrected chi connectivity index (χ0v) is 10.8. The molecule has 0 bridgehead atoms. The number of tetrazole rings is 1. The molecule has 0 aliphatic heterocycles. The van der Waals surface area contributed by atoms with Gasteiger partial charge >= 0.3 is 0 Å². The van der Waals surface area contributed by atoms with Crippen molar-refractivity contribution in [3.8, 4) is 0 Å². The van der Waals surface area contributed by atoms with Crippen LogP contribution in [-0.4, -0.2) is 37.7 Å². The largest absolute Gasteiger partial charge is 0.396 e. The molecule has 0 fully saturated rings. The number of rotatable bonds is 8. The van der Waals surface area contributed by atoms with Crippen molar-refractivity contribution < 1.29 is 5.11 Å². The maximum absolute atomic E-state index is 8.90. The molecule has 1 rings (SSSR count). The SMILES string of the molecule is CCCCn1nnnc1CSCC(C)CO. The summed E-state index contributed by atoms with van der Waals surface area (Å²) in [6.45, 7) is 5.33. The fourth-order valence-corrected chi connectivity index (χ4v) is 2.23. The van der Waals surface area contributed by atoms with Gasteiger partial charge in [-0.2, -0.15) is 11.8 Å². The average molecular weight is 244 g/mol. The zero-order valence-electron chi connectivity index (χ0n) is 9.96. The van der Waals surface area contributed by atoms with E-state index in [4.69, 9.17) is 5.11 Å². The van der Waals surface area contributed by atoms with Crippen molar-refractivity contribution in [3.63, 3.8) is 0 Å². The number of unbranched alkanes of at least 4 members (excludes halogenated alkanes) is 1. The monoisotopic (exact) mass is 244 g/mol. The smallest absolute Gasteiger partial charge is 0.161 e. The fraction of sp³-hybridized carbons (Fsp3) is 0.900. The maximum Gasteiger partial charge on any atom is 0.161 e. The van der Waals surface area contributed by atoms with Crippen molar-refractivity contribution in [2.24, 2.45) is 5.92 Å². The highest BCUT2D eigenvalue weighted by Gasteiger charge is 2.07. The molecule has 0 saturated carbocycles. The third-order valence-electron chi connectivity index (χ3n) is 2.27. The molecule has 0 spiro atoms. The van der Waals surface area contributed by atoms with E-state index in [1.807, 2.05) is 11.6 Å². The molecule has 1 atom stereocenters. The number of hydrogen-bond acceptors (Lipinski definition) is 5. The molecule has 6 heteroatoms. The van der Waals surface area contributed by atoms with Gasteiger partial charge in [0.1, 0.15) is 0 Å². The Balaban J connectivity index is 2.32. The molecule has 5 nitrogen and oxygen atoms in total. The lowest BCUT2D eigenvalue weighted by atomic mass is 10.2. The van der Waals surface area contributed by atoms with Crippen LogP contribution in [0.15, 0.2) is 0 Å². The number of aromatic nitrogens is 4. The highest BCUT2D eigenvalue weighted by atomic mass is 32.2. The predicted molar refractivity (Wildman–Crippen MR) is 65.1 cm³/mol. The average Bonchev–Trinajstić information content (AvgIpc) is 2.73. The Hall–Kier alpha value is -0.620. The molecule has 1 aromatic heterocycles. The van der Waals surface area contributed by atoms with Crippen LogP contribution in [-0.2, 0) is 12.3 Å². The summed E-state index contributed by atoms with van der Waals surface area (Å²) >= 11 is 1.77. The number of nitrogens with zero attached hydrogens (tertiary/aromatic N) is 4. The van der Waals surface area contributed by atoms with Crippen molar-refractivity contribution in [1.82, 2.24) is 20.2 Å². The summed E-state index contributed by atoms with van der Waals surface area (Å²) in [5.74, 6) is 3.03.